The van der Waals surface area contributed by atoms with Crippen molar-refractivity contribution in [2.24, 2.45) is 5.92 Å². The highest BCUT2D eigenvalue weighted by molar-refractivity contribution is 4.63. The van der Waals surface area contributed by atoms with E-state index < -0.39 is 0 Å². The summed E-state index contributed by atoms with van der Waals surface area (Å²) >= 11 is 0. The van der Waals surface area contributed by atoms with Crippen molar-refractivity contribution in [3.05, 3.63) is 0 Å². The molecule has 0 aliphatic carbocycles. The highest BCUT2D eigenvalue weighted by Crippen LogP contribution is 2.11. The molecule has 0 bridgehead atoms. The topological polar surface area (TPSA) is 39.7 Å². The predicted molar refractivity (Wildman–Crippen MR) is 49.4 cm³/mol. The molecule has 1 aliphatic rings. The van der Waals surface area contributed by atoms with Crippen molar-refractivity contribution in [1.82, 2.24) is 5.48 Å². The average Bonchev–Trinajstić information content (AvgIpc) is 2.19. The van der Waals surface area contributed by atoms with E-state index in [1.165, 1.54) is 12.8 Å². The van der Waals surface area contributed by atoms with Crippen molar-refractivity contribution in [3.63, 3.8) is 0 Å². The van der Waals surface area contributed by atoms with E-state index in [2.05, 4.69) is 5.48 Å². The Morgan fingerprint density at radius 2 is 2.38 bits per heavy atom. The average molecular weight is 189 g/mol. The lowest BCUT2D eigenvalue weighted by molar-refractivity contribution is -0.0170. The van der Waals surface area contributed by atoms with Gasteiger partial charge in [-0.15, -0.1) is 0 Å². The molecule has 0 saturated carbocycles. The fourth-order valence-corrected chi connectivity index (χ4v) is 1.34. The van der Waals surface area contributed by atoms with Crippen LogP contribution in [-0.2, 0) is 14.3 Å². The molecule has 13 heavy (non-hydrogen) atoms. The summed E-state index contributed by atoms with van der Waals surface area (Å²) in [6.07, 6.45) is 2.41. The molecule has 4 nitrogen and oxygen atoms in total. The van der Waals surface area contributed by atoms with E-state index in [1.807, 2.05) is 0 Å². The van der Waals surface area contributed by atoms with Crippen LogP contribution >= 0.6 is 0 Å². The summed E-state index contributed by atoms with van der Waals surface area (Å²) < 4.78 is 10.2. The van der Waals surface area contributed by atoms with Crippen LogP contribution in [0.25, 0.3) is 0 Å². The first kappa shape index (κ1) is 10.9. The van der Waals surface area contributed by atoms with Crippen molar-refractivity contribution in [2.75, 3.05) is 40.1 Å². The van der Waals surface area contributed by atoms with Crippen LogP contribution in [0.1, 0.15) is 12.8 Å². The van der Waals surface area contributed by atoms with Gasteiger partial charge in [0.25, 0.3) is 0 Å². The summed E-state index contributed by atoms with van der Waals surface area (Å²) in [5.41, 5.74) is 2.93. The fourth-order valence-electron chi connectivity index (χ4n) is 1.34. The minimum Gasteiger partial charge on any atom is -0.382 e. The second-order valence-corrected chi connectivity index (χ2v) is 3.27. The van der Waals surface area contributed by atoms with Crippen LogP contribution in [0.2, 0.25) is 0 Å². The van der Waals surface area contributed by atoms with E-state index in [0.717, 1.165) is 19.8 Å². The SMILES string of the molecule is COCCONCC1CCCOC1. The highest BCUT2D eigenvalue weighted by Gasteiger charge is 2.12. The number of rotatable bonds is 6. The third kappa shape index (κ3) is 5.21. The first-order valence-corrected chi connectivity index (χ1v) is 4.85. The molecule has 0 aromatic rings. The zero-order valence-corrected chi connectivity index (χ0v) is 8.25. The van der Waals surface area contributed by atoms with E-state index in [1.54, 1.807) is 7.11 Å². The van der Waals surface area contributed by atoms with E-state index in [4.69, 9.17) is 14.3 Å². The molecule has 0 aromatic carbocycles. The Balaban J connectivity index is 1.86. The smallest absolute Gasteiger partial charge is 0.0915 e. The molecule has 1 saturated heterocycles. The molecular weight excluding hydrogens is 170 g/mol. The van der Waals surface area contributed by atoms with Gasteiger partial charge < -0.3 is 9.47 Å². The van der Waals surface area contributed by atoms with Gasteiger partial charge in [-0.1, -0.05) is 0 Å². The molecule has 78 valence electrons. The Kier molecular flexibility index (Phi) is 6.10. The number of methoxy groups -OCH3 is 1. The molecule has 0 aromatic heterocycles. The summed E-state index contributed by atoms with van der Waals surface area (Å²) in [5.74, 6) is 0.608. The normalized spacial score (nSPS) is 23.3. The molecule has 1 rings (SSSR count). The maximum absolute atomic E-state index is 5.34. The minimum atomic E-state index is 0.601. The lowest BCUT2D eigenvalue weighted by Crippen LogP contribution is -2.30. The van der Waals surface area contributed by atoms with Crippen molar-refractivity contribution in [3.8, 4) is 0 Å². The molecule has 1 N–H and O–H groups in total. The summed E-state index contributed by atoms with van der Waals surface area (Å²) in [5, 5.41) is 0. The predicted octanol–water partition coefficient (Wildman–Crippen LogP) is 0.581. The van der Waals surface area contributed by atoms with Gasteiger partial charge in [-0.2, -0.15) is 0 Å². The van der Waals surface area contributed by atoms with Crippen molar-refractivity contribution >= 4 is 0 Å². The fraction of sp³-hybridized carbons (Fsp3) is 1.00. The first-order valence-electron chi connectivity index (χ1n) is 4.85. The lowest BCUT2D eigenvalue weighted by Gasteiger charge is -2.21. The van der Waals surface area contributed by atoms with Crippen LogP contribution < -0.4 is 5.48 Å². The number of hydrogen-bond donors (Lipinski definition) is 1. The van der Waals surface area contributed by atoms with Gasteiger partial charge in [-0.05, 0) is 18.8 Å². The molecule has 4 heteroatoms. The van der Waals surface area contributed by atoms with Gasteiger partial charge in [0, 0.05) is 20.3 Å². The summed E-state index contributed by atoms with van der Waals surface area (Å²) in [6.45, 7) is 3.89. The Hall–Kier alpha value is -0.160. The summed E-state index contributed by atoms with van der Waals surface area (Å²) in [7, 11) is 1.67. The number of hydroxylamine groups is 1. The van der Waals surface area contributed by atoms with Gasteiger partial charge in [-0.25, -0.2) is 5.48 Å². The molecule has 0 spiro atoms. The lowest BCUT2D eigenvalue weighted by atomic mass is 10.0. The monoisotopic (exact) mass is 189 g/mol. The maximum Gasteiger partial charge on any atom is 0.0915 e. The number of nitrogens with one attached hydrogen (secondary N) is 1. The molecule has 1 unspecified atom stereocenters. The third-order valence-electron chi connectivity index (χ3n) is 2.12. The second-order valence-electron chi connectivity index (χ2n) is 3.27. The van der Waals surface area contributed by atoms with Crippen LogP contribution in [-0.4, -0.2) is 40.1 Å². The van der Waals surface area contributed by atoms with Crippen molar-refractivity contribution in [2.45, 2.75) is 12.8 Å². The second kappa shape index (κ2) is 7.26. The Morgan fingerprint density at radius 1 is 1.46 bits per heavy atom. The van der Waals surface area contributed by atoms with Gasteiger partial charge in [0.05, 0.1) is 19.8 Å². The molecule has 0 radical (unpaired) electrons. The summed E-state index contributed by atoms with van der Waals surface area (Å²) in [6, 6.07) is 0. The Bertz CT molecular complexity index is 115. The van der Waals surface area contributed by atoms with Crippen molar-refractivity contribution < 1.29 is 14.3 Å². The maximum atomic E-state index is 5.34. The first-order chi connectivity index (χ1) is 6.43. The van der Waals surface area contributed by atoms with E-state index in [0.29, 0.717) is 19.1 Å². The van der Waals surface area contributed by atoms with Gasteiger partial charge in [0.15, 0.2) is 0 Å². The molecule has 1 heterocycles. The van der Waals surface area contributed by atoms with E-state index in [-0.39, 0.29) is 0 Å². The zero-order valence-electron chi connectivity index (χ0n) is 8.25. The standard InChI is InChI=1S/C9H19NO3/c1-11-5-6-13-10-7-9-3-2-4-12-8-9/h9-10H,2-8H2,1H3. The molecular formula is C9H19NO3. The van der Waals surface area contributed by atoms with Crippen LogP contribution in [0, 0.1) is 5.92 Å². The number of hydrogen-bond acceptors (Lipinski definition) is 4. The molecule has 1 fully saturated rings. The molecule has 1 aliphatic heterocycles. The van der Waals surface area contributed by atoms with Crippen LogP contribution in [0.3, 0.4) is 0 Å². The largest absolute Gasteiger partial charge is 0.382 e. The van der Waals surface area contributed by atoms with Crippen LogP contribution in [0.15, 0.2) is 0 Å². The summed E-state index contributed by atoms with van der Waals surface area (Å²) in [4.78, 5) is 5.15. The van der Waals surface area contributed by atoms with Gasteiger partial charge in [-0.3, -0.25) is 4.84 Å². The molecule has 0 amide bonds. The third-order valence-corrected chi connectivity index (χ3v) is 2.12. The molecule has 1 atom stereocenters. The van der Waals surface area contributed by atoms with Crippen LogP contribution in [0.5, 0.6) is 0 Å². The zero-order chi connectivity index (χ0) is 9.36. The highest BCUT2D eigenvalue weighted by atomic mass is 16.7. The number of ether oxygens (including phenoxy) is 2. The van der Waals surface area contributed by atoms with Crippen molar-refractivity contribution in [1.29, 1.82) is 0 Å². The van der Waals surface area contributed by atoms with Gasteiger partial charge >= 0.3 is 0 Å². The van der Waals surface area contributed by atoms with Crippen LogP contribution in [0.4, 0.5) is 0 Å². The van der Waals surface area contributed by atoms with Gasteiger partial charge in [0.1, 0.15) is 0 Å². The quantitative estimate of drug-likeness (QED) is 0.490. The Labute approximate surface area is 79.5 Å². The minimum absolute atomic E-state index is 0.601. The Morgan fingerprint density at radius 3 is 3.08 bits per heavy atom. The van der Waals surface area contributed by atoms with Gasteiger partial charge in [0.2, 0.25) is 0 Å². The van der Waals surface area contributed by atoms with E-state index in [9.17, 15) is 0 Å². The van der Waals surface area contributed by atoms with E-state index >= 15 is 0 Å².